The lowest BCUT2D eigenvalue weighted by Crippen LogP contribution is -2.32. The van der Waals surface area contributed by atoms with Crippen molar-refractivity contribution in [2.24, 2.45) is 5.92 Å². The highest BCUT2D eigenvalue weighted by atomic mass is 79.9. The fraction of sp³-hybridized carbons (Fsp3) is 0.615. The maximum absolute atomic E-state index is 12.1. The van der Waals surface area contributed by atoms with Gasteiger partial charge in [0, 0.05) is 6.54 Å². The van der Waals surface area contributed by atoms with Crippen LogP contribution in [0.4, 0.5) is 5.69 Å². The molecule has 0 amide bonds. The molecule has 1 aliphatic rings. The van der Waals surface area contributed by atoms with Crippen molar-refractivity contribution in [2.75, 3.05) is 32.1 Å². The zero-order valence-electron chi connectivity index (χ0n) is 11.9. The van der Waals surface area contributed by atoms with Crippen LogP contribution in [0.25, 0.3) is 0 Å². The third-order valence-corrected chi connectivity index (χ3v) is 4.30. The molecule has 1 aromatic heterocycles. The van der Waals surface area contributed by atoms with Crippen LogP contribution >= 0.6 is 15.9 Å². The molecule has 0 saturated carbocycles. The molecule has 1 aliphatic heterocycles. The van der Waals surface area contributed by atoms with Crippen LogP contribution in [0, 0.1) is 5.92 Å². The summed E-state index contributed by atoms with van der Waals surface area (Å²) in [4.78, 5) is 23.3. The second kappa shape index (κ2) is 7.56. The Kier molecular flexibility index (Phi) is 5.75. The van der Waals surface area contributed by atoms with Crippen molar-refractivity contribution < 1.29 is 9.53 Å². The van der Waals surface area contributed by atoms with Gasteiger partial charge in [-0.25, -0.2) is 4.68 Å². The molecule has 8 heteroatoms. The zero-order valence-corrected chi connectivity index (χ0v) is 13.5. The summed E-state index contributed by atoms with van der Waals surface area (Å²) in [7, 11) is 1.28. The highest BCUT2D eigenvalue weighted by molar-refractivity contribution is 9.10. The van der Waals surface area contributed by atoms with Crippen molar-refractivity contribution in [2.45, 2.75) is 19.4 Å². The van der Waals surface area contributed by atoms with E-state index in [4.69, 9.17) is 0 Å². The number of aromatic nitrogens is 2. The Balaban J connectivity index is 2.02. The Morgan fingerprint density at radius 3 is 2.95 bits per heavy atom. The molecule has 116 valence electrons. The van der Waals surface area contributed by atoms with E-state index in [0.29, 0.717) is 16.1 Å². The summed E-state index contributed by atoms with van der Waals surface area (Å²) in [6, 6.07) is 0. The maximum atomic E-state index is 12.1. The summed E-state index contributed by atoms with van der Waals surface area (Å²) >= 11 is 3.27. The van der Waals surface area contributed by atoms with E-state index < -0.39 is 5.97 Å². The van der Waals surface area contributed by atoms with Gasteiger partial charge in [0.15, 0.2) is 0 Å². The predicted molar refractivity (Wildman–Crippen MR) is 82.3 cm³/mol. The van der Waals surface area contributed by atoms with Gasteiger partial charge in [0.25, 0.3) is 5.56 Å². The molecule has 0 aromatic carbocycles. The lowest BCUT2D eigenvalue weighted by molar-refractivity contribution is -0.141. The molecule has 0 unspecified atom stereocenters. The first-order valence-corrected chi connectivity index (χ1v) is 7.68. The smallest absolute Gasteiger partial charge is 0.327 e. The van der Waals surface area contributed by atoms with Crippen LogP contribution in [0.2, 0.25) is 0 Å². The molecule has 1 fully saturated rings. The van der Waals surface area contributed by atoms with Gasteiger partial charge in [-0.3, -0.25) is 9.59 Å². The van der Waals surface area contributed by atoms with Crippen molar-refractivity contribution in [3.63, 3.8) is 0 Å². The monoisotopic (exact) mass is 358 g/mol. The minimum absolute atomic E-state index is 0.192. The number of rotatable bonds is 5. The molecule has 7 nitrogen and oxygen atoms in total. The third kappa shape index (κ3) is 4.28. The summed E-state index contributed by atoms with van der Waals surface area (Å²) in [6.45, 7) is 2.68. The first-order chi connectivity index (χ1) is 10.1. The average Bonchev–Trinajstić information content (AvgIpc) is 2.52. The van der Waals surface area contributed by atoms with Crippen LogP contribution in [0.15, 0.2) is 15.5 Å². The summed E-state index contributed by atoms with van der Waals surface area (Å²) < 4.78 is 5.99. The van der Waals surface area contributed by atoms with Crippen LogP contribution in [-0.4, -0.2) is 42.5 Å². The molecule has 2 rings (SSSR count). The minimum atomic E-state index is -0.507. The fourth-order valence-corrected chi connectivity index (χ4v) is 2.68. The molecule has 21 heavy (non-hydrogen) atoms. The largest absolute Gasteiger partial charge is 0.468 e. The third-order valence-electron chi connectivity index (χ3n) is 3.53. The highest BCUT2D eigenvalue weighted by Gasteiger charge is 2.15. The van der Waals surface area contributed by atoms with Gasteiger partial charge in [0.2, 0.25) is 0 Å². The number of halogens is 1. The lowest BCUT2D eigenvalue weighted by atomic mass is 9.98. The Hall–Kier alpha value is -1.41. The van der Waals surface area contributed by atoms with Crippen LogP contribution in [0.3, 0.4) is 0 Å². The van der Waals surface area contributed by atoms with E-state index in [1.807, 2.05) is 0 Å². The zero-order chi connectivity index (χ0) is 15.2. The van der Waals surface area contributed by atoms with Crippen LogP contribution in [-0.2, 0) is 16.1 Å². The molecule has 0 bridgehead atoms. The van der Waals surface area contributed by atoms with Crippen molar-refractivity contribution in [1.82, 2.24) is 15.1 Å². The van der Waals surface area contributed by atoms with E-state index in [0.717, 1.165) is 37.2 Å². The number of carbonyl (C=O) groups is 1. The molecule has 1 saturated heterocycles. The Morgan fingerprint density at radius 2 is 2.29 bits per heavy atom. The van der Waals surface area contributed by atoms with Gasteiger partial charge in [0.1, 0.15) is 11.0 Å². The van der Waals surface area contributed by atoms with Crippen molar-refractivity contribution in [1.29, 1.82) is 0 Å². The summed E-state index contributed by atoms with van der Waals surface area (Å²) in [5, 5.41) is 10.6. The first-order valence-electron chi connectivity index (χ1n) is 6.89. The highest BCUT2D eigenvalue weighted by Crippen LogP contribution is 2.18. The summed E-state index contributed by atoms with van der Waals surface area (Å²) in [5.74, 6) is 0.0857. The van der Waals surface area contributed by atoms with Crippen molar-refractivity contribution in [3.05, 3.63) is 21.0 Å². The molecule has 0 spiro atoms. The number of anilines is 1. The second-order valence-electron chi connectivity index (χ2n) is 4.99. The van der Waals surface area contributed by atoms with Gasteiger partial charge >= 0.3 is 5.97 Å². The number of carbonyl (C=O) groups excluding carboxylic acids is 1. The van der Waals surface area contributed by atoms with Crippen molar-refractivity contribution in [3.8, 4) is 0 Å². The van der Waals surface area contributed by atoms with E-state index >= 15 is 0 Å². The van der Waals surface area contributed by atoms with Gasteiger partial charge in [-0.15, -0.1) is 0 Å². The number of nitrogens with one attached hydrogen (secondary N) is 2. The number of hydrogen-bond acceptors (Lipinski definition) is 6. The maximum Gasteiger partial charge on any atom is 0.327 e. The molecule has 0 aliphatic carbocycles. The van der Waals surface area contributed by atoms with Gasteiger partial charge < -0.3 is 15.4 Å². The van der Waals surface area contributed by atoms with E-state index in [1.165, 1.54) is 7.11 Å². The molecule has 0 radical (unpaired) electrons. The van der Waals surface area contributed by atoms with E-state index in [9.17, 15) is 9.59 Å². The lowest BCUT2D eigenvalue weighted by Gasteiger charge is -2.23. The Bertz CT molecular complexity index is 555. The topological polar surface area (TPSA) is 85.2 Å². The SMILES string of the molecule is COC(=O)Cn1ncc(NCC2CCNCC2)c(Br)c1=O. The molecule has 2 heterocycles. The molecule has 2 N–H and O–H groups in total. The van der Waals surface area contributed by atoms with Gasteiger partial charge in [0.05, 0.1) is 19.0 Å². The number of piperidine rings is 1. The molecular formula is C13H19BrN4O3. The summed E-state index contributed by atoms with van der Waals surface area (Å²) in [6.07, 6.45) is 3.80. The van der Waals surface area contributed by atoms with Crippen LogP contribution < -0.4 is 16.2 Å². The Labute approximate surface area is 131 Å². The quantitative estimate of drug-likeness (QED) is 0.749. The standard InChI is InChI=1S/C13H19BrN4O3/c1-21-11(19)8-18-13(20)12(14)10(7-17-18)16-6-9-2-4-15-5-3-9/h7,9,15-16H,2-6,8H2,1H3. The number of methoxy groups -OCH3 is 1. The molecule has 1 aromatic rings. The number of hydrogen-bond donors (Lipinski definition) is 2. The molecule has 0 atom stereocenters. The molecular weight excluding hydrogens is 340 g/mol. The van der Waals surface area contributed by atoms with Gasteiger partial charge in [-0.05, 0) is 47.8 Å². The van der Waals surface area contributed by atoms with Gasteiger partial charge in [-0.2, -0.15) is 5.10 Å². The summed E-state index contributed by atoms with van der Waals surface area (Å²) in [5.41, 5.74) is 0.301. The van der Waals surface area contributed by atoms with Crippen LogP contribution in [0.1, 0.15) is 12.8 Å². The number of nitrogens with zero attached hydrogens (tertiary/aromatic N) is 2. The predicted octanol–water partition coefficient (Wildman–Crippen LogP) is 0.590. The number of esters is 1. The van der Waals surface area contributed by atoms with E-state index in [-0.39, 0.29) is 12.1 Å². The average molecular weight is 359 g/mol. The second-order valence-corrected chi connectivity index (χ2v) is 5.78. The van der Waals surface area contributed by atoms with E-state index in [2.05, 4.69) is 36.4 Å². The number of ether oxygens (including phenoxy) is 1. The fourth-order valence-electron chi connectivity index (χ4n) is 2.23. The first kappa shape index (κ1) is 16.0. The van der Waals surface area contributed by atoms with Crippen LogP contribution in [0.5, 0.6) is 0 Å². The Morgan fingerprint density at radius 1 is 1.57 bits per heavy atom. The minimum Gasteiger partial charge on any atom is -0.468 e. The van der Waals surface area contributed by atoms with Gasteiger partial charge in [-0.1, -0.05) is 0 Å². The van der Waals surface area contributed by atoms with Crippen molar-refractivity contribution >= 4 is 27.6 Å². The van der Waals surface area contributed by atoms with E-state index in [1.54, 1.807) is 6.20 Å². The normalized spacial score (nSPS) is 15.7.